The summed E-state index contributed by atoms with van der Waals surface area (Å²) in [4.78, 5) is 14.0. The third-order valence-electron chi connectivity index (χ3n) is 0.713. The zero-order valence-electron chi connectivity index (χ0n) is 4.00. The summed E-state index contributed by atoms with van der Waals surface area (Å²) in [6.45, 7) is 0. The van der Waals surface area contributed by atoms with Crippen molar-refractivity contribution in [3.05, 3.63) is 0 Å². The quantitative estimate of drug-likeness (QED) is 0.435. The summed E-state index contributed by atoms with van der Waals surface area (Å²) in [5.41, 5.74) is 10.3. The van der Waals surface area contributed by atoms with E-state index in [9.17, 15) is 4.79 Å². The van der Waals surface area contributed by atoms with Gasteiger partial charge in [-0.25, -0.2) is 4.99 Å². The first-order valence-electron chi connectivity index (χ1n) is 2.00. The zero-order valence-corrected chi connectivity index (χ0v) is 4.81. The van der Waals surface area contributed by atoms with Crippen molar-refractivity contribution in [2.24, 2.45) is 16.5 Å². The van der Waals surface area contributed by atoms with Gasteiger partial charge in [-0.2, -0.15) is 0 Å². The topological polar surface area (TPSA) is 81.5 Å². The van der Waals surface area contributed by atoms with Crippen LogP contribution in [0.1, 0.15) is 0 Å². The number of nitrogens with zero attached hydrogens (tertiary/aromatic N) is 1. The van der Waals surface area contributed by atoms with E-state index in [0.29, 0.717) is 0 Å². The van der Waals surface area contributed by atoms with Crippen molar-refractivity contribution in [2.45, 2.75) is 6.17 Å². The maximum Gasteiger partial charge on any atom is 0.235 e. The largest absolute Gasteiger partial charge is 0.378 e. The van der Waals surface area contributed by atoms with Crippen molar-refractivity contribution < 1.29 is 4.79 Å². The molecule has 8 heavy (non-hydrogen) atoms. The van der Waals surface area contributed by atoms with Crippen LogP contribution < -0.4 is 11.5 Å². The van der Waals surface area contributed by atoms with E-state index < -0.39 is 6.17 Å². The predicted octanol–water partition coefficient (Wildman–Crippen LogP) is -1.14. The molecule has 0 bridgehead atoms. The summed E-state index contributed by atoms with van der Waals surface area (Å²) in [7, 11) is 0. The van der Waals surface area contributed by atoms with Gasteiger partial charge >= 0.3 is 0 Å². The van der Waals surface area contributed by atoms with Gasteiger partial charge in [-0.3, -0.25) is 4.79 Å². The van der Waals surface area contributed by atoms with Crippen LogP contribution in [0.5, 0.6) is 0 Å². The fourth-order valence-electron chi connectivity index (χ4n) is 0.380. The van der Waals surface area contributed by atoms with Crippen LogP contribution >= 0.6 is 11.8 Å². The molecule has 5 heteroatoms. The molecule has 0 aromatic heterocycles. The van der Waals surface area contributed by atoms with Crippen molar-refractivity contribution in [3.63, 3.8) is 0 Å². The monoisotopic (exact) mass is 131 g/mol. The lowest BCUT2D eigenvalue weighted by Gasteiger charge is -1.87. The van der Waals surface area contributed by atoms with E-state index in [0.717, 1.165) is 11.8 Å². The van der Waals surface area contributed by atoms with Crippen molar-refractivity contribution in [2.75, 3.05) is 0 Å². The summed E-state index contributed by atoms with van der Waals surface area (Å²) in [6.07, 6.45) is -0.722. The molecule has 1 atom stereocenters. The van der Waals surface area contributed by atoms with Gasteiger partial charge in [0.25, 0.3) is 0 Å². The summed E-state index contributed by atoms with van der Waals surface area (Å²) in [6, 6.07) is 0. The molecule has 1 aliphatic rings. The number of amidine groups is 1. The predicted molar refractivity (Wildman–Crippen MR) is 32.2 cm³/mol. The number of hydrogen-bond acceptors (Lipinski definition) is 5. The highest BCUT2D eigenvalue weighted by Crippen LogP contribution is 2.12. The molecule has 0 saturated carbocycles. The third-order valence-corrected chi connectivity index (χ3v) is 1.47. The van der Waals surface area contributed by atoms with Crippen LogP contribution in [0, 0.1) is 0 Å². The highest BCUT2D eigenvalue weighted by molar-refractivity contribution is 8.26. The minimum atomic E-state index is -0.722. The molecule has 0 radical (unpaired) electrons. The van der Waals surface area contributed by atoms with Gasteiger partial charge in [0.2, 0.25) is 5.12 Å². The van der Waals surface area contributed by atoms with Gasteiger partial charge in [0.05, 0.1) is 0 Å². The summed E-state index contributed by atoms with van der Waals surface area (Å²) in [5.74, 6) is 0. The molecule has 0 fully saturated rings. The van der Waals surface area contributed by atoms with Crippen LogP contribution in [0.3, 0.4) is 0 Å². The SMILES string of the molecule is NC1=NC(N)C(=O)S1. The molecule has 4 nitrogen and oxygen atoms in total. The third kappa shape index (κ3) is 0.823. The van der Waals surface area contributed by atoms with E-state index in [1.807, 2.05) is 0 Å². The normalized spacial score (nSPS) is 28.4. The van der Waals surface area contributed by atoms with Crippen LogP contribution in [-0.2, 0) is 4.79 Å². The van der Waals surface area contributed by atoms with E-state index in [-0.39, 0.29) is 10.3 Å². The average Bonchev–Trinajstić information content (AvgIpc) is 1.85. The van der Waals surface area contributed by atoms with Crippen LogP contribution in [0.15, 0.2) is 4.99 Å². The molecule has 1 heterocycles. The summed E-state index contributed by atoms with van der Waals surface area (Å²) < 4.78 is 0. The highest BCUT2D eigenvalue weighted by atomic mass is 32.2. The molecule has 0 amide bonds. The number of carbonyl (C=O) groups is 1. The smallest absolute Gasteiger partial charge is 0.235 e. The van der Waals surface area contributed by atoms with Crippen molar-refractivity contribution in [1.82, 2.24) is 0 Å². The second kappa shape index (κ2) is 1.75. The highest BCUT2D eigenvalue weighted by Gasteiger charge is 2.21. The van der Waals surface area contributed by atoms with E-state index in [2.05, 4.69) is 4.99 Å². The number of thioether (sulfide) groups is 1. The fourth-order valence-corrected chi connectivity index (χ4v) is 0.925. The van der Waals surface area contributed by atoms with Gasteiger partial charge in [-0.15, -0.1) is 0 Å². The van der Waals surface area contributed by atoms with E-state index in [4.69, 9.17) is 11.5 Å². The van der Waals surface area contributed by atoms with Gasteiger partial charge in [0.1, 0.15) is 0 Å². The Morgan fingerprint density at radius 3 is 2.50 bits per heavy atom. The molecular weight excluding hydrogens is 126 g/mol. The lowest BCUT2D eigenvalue weighted by Crippen LogP contribution is -2.21. The molecule has 1 unspecified atom stereocenters. The maximum atomic E-state index is 10.4. The maximum absolute atomic E-state index is 10.4. The first kappa shape index (κ1) is 5.58. The molecule has 0 aromatic carbocycles. The van der Waals surface area contributed by atoms with Crippen LogP contribution in [0.25, 0.3) is 0 Å². The van der Waals surface area contributed by atoms with Gasteiger partial charge in [-0.05, 0) is 11.8 Å². The molecule has 1 rings (SSSR count). The van der Waals surface area contributed by atoms with Crippen molar-refractivity contribution >= 4 is 22.0 Å². The zero-order chi connectivity index (χ0) is 6.15. The first-order valence-corrected chi connectivity index (χ1v) is 2.82. The summed E-state index contributed by atoms with van der Waals surface area (Å²) in [5, 5.41) is 0.0880. The van der Waals surface area contributed by atoms with Gasteiger partial charge in [0.15, 0.2) is 11.3 Å². The number of carbonyl (C=O) groups excluding carboxylic acids is 1. The number of rotatable bonds is 0. The molecular formula is C3H5N3OS. The molecule has 4 N–H and O–H groups in total. The van der Waals surface area contributed by atoms with E-state index >= 15 is 0 Å². The standard InChI is InChI=1S/C3H5N3OS/c4-1-2(7)8-3(5)6-1/h1H,4H2,(H2,5,6). The van der Waals surface area contributed by atoms with Gasteiger partial charge < -0.3 is 11.5 Å². The van der Waals surface area contributed by atoms with Crippen LogP contribution in [-0.4, -0.2) is 16.4 Å². The average molecular weight is 131 g/mol. The number of hydrogen-bond donors (Lipinski definition) is 2. The van der Waals surface area contributed by atoms with Crippen molar-refractivity contribution in [3.8, 4) is 0 Å². The second-order valence-corrected chi connectivity index (χ2v) is 2.36. The van der Waals surface area contributed by atoms with Crippen molar-refractivity contribution in [1.29, 1.82) is 0 Å². The Kier molecular flexibility index (Phi) is 1.22. The Bertz CT molecular complexity index is 155. The van der Waals surface area contributed by atoms with Crippen LogP contribution in [0.4, 0.5) is 0 Å². The second-order valence-electron chi connectivity index (χ2n) is 1.33. The lowest BCUT2D eigenvalue weighted by atomic mass is 10.6. The Hall–Kier alpha value is -0.550. The molecule has 0 spiro atoms. The first-order chi connectivity index (χ1) is 3.70. The molecule has 44 valence electrons. The fraction of sp³-hybridized carbons (Fsp3) is 0.333. The Labute approximate surface area is 50.3 Å². The Balaban J connectivity index is 2.69. The van der Waals surface area contributed by atoms with Crippen LogP contribution in [0.2, 0.25) is 0 Å². The molecule has 0 aromatic rings. The van der Waals surface area contributed by atoms with E-state index in [1.54, 1.807) is 0 Å². The van der Waals surface area contributed by atoms with E-state index in [1.165, 1.54) is 0 Å². The minimum absolute atomic E-state index is 0.178. The molecule has 0 aliphatic carbocycles. The lowest BCUT2D eigenvalue weighted by molar-refractivity contribution is -0.111. The Morgan fingerprint density at radius 2 is 2.38 bits per heavy atom. The number of nitrogens with two attached hydrogens (primary N) is 2. The van der Waals surface area contributed by atoms with Gasteiger partial charge in [0, 0.05) is 0 Å². The molecule has 0 saturated heterocycles. The van der Waals surface area contributed by atoms with Gasteiger partial charge in [-0.1, -0.05) is 0 Å². The number of aliphatic imine (C=N–C) groups is 1. The summed E-state index contributed by atoms with van der Waals surface area (Å²) >= 11 is 0.892. The molecule has 1 aliphatic heterocycles. The Morgan fingerprint density at radius 1 is 1.75 bits per heavy atom. The minimum Gasteiger partial charge on any atom is -0.378 e.